The van der Waals surface area contributed by atoms with E-state index >= 15 is 0 Å². The molecule has 28 heavy (non-hydrogen) atoms. The first-order valence-corrected chi connectivity index (χ1v) is 9.48. The fourth-order valence-electron chi connectivity index (χ4n) is 2.89. The molecule has 0 aliphatic carbocycles. The summed E-state index contributed by atoms with van der Waals surface area (Å²) in [6.07, 6.45) is 0. The number of amides is 3. The van der Waals surface area contributed by atoms with Crippen LogP contribution in [-0.4, -0.2) is 32.8 Å². The molecule has 0 fully saturated rings. The highest BCUT2D eigenvalue weighted by atomic mass is 35.5. The summed E-state index contributed by atoms with van der Waals surface area (Å²) >= 11 is 7.39. The molecule has 3 aromatic rings. The van der Waals surface area contributed by atoms with Crippen LogP contribution in [0.3, 0.4) is 0 Å². The minimum atomic E-state index is -0.457. The summed E-state index contributed by atoms with van der Waals surface area (Å²) in [6.45, 7) is 1.85. The van der Waals surface area contributed by atoms with Crippen molar-refractivity contribution in [2.45, 2.75) is 13.5 Å². The average molecular weight is 413 g/mol. The van der Waals surface area contributed by atoms with E-state index in [2.05, 4.69) is 15.5 Å². The molecular weight excluding hydrogens is 400 g/mol. The van der Waals surface area contributed by atoms with E-state index in [1.165, 1.54) is 29.5 Å². The van der Waals surface area contributed by atoms with Crippen LogP contribution in [0.15, 0.2) is 42.5 Å². The Morgan fingerprint density at radius 3 is 2.57 bits per heavy atom. The number of imide groups is 1. The first-order chi connectivity index (χ1) is 13.4. The summed E-state index contributed by atoms with van der Waals surface area (Å²) in [6, 6.07) is 11.4. The summed E-state index contributed by atoms with van der Waals surface area (Å²) < 4.78 is 0. The maximum absolute atomic E-state index is 12.8. The Morgan fingerprint density at radius 1 is 1.11 bits per heavy atom. The van der Waals surface area contributed by atoms with E-state index in [9.17, 15) is 14.4 Å². The monoisotopic (exact) mass is 412 g/mol. The minimum Gasteiger partial charge on any atom is -0.296 e. The molecule has 1 aliphatic rings. The van der Waals surface area contributed by atoms with Crippen LogP contribution in [0.2, 0.25) is 5.02 Å². The number of nitrogens with one attached hydrogen (secondary N) is 1. The van der Waals surface area contributed by atoms with Crippen LogP contribution in [0.1, 0.15) is 41.6 Å². The summed E-state index contributed by atoms with van der Waals surface area (Å²) in [5.74, 6) is -1.29. The Hall–Kier alpha value is -3.10. The van der Waals surface area contributed by atoms with Gasteiger partial charge in [-0.25, -0.2) is 0 Å². The van der Waals surface area contributed by atoms with Crippen molar-refractivity contribution >= 4 is 45.8 Å². The summed E-state index contributed by atoms with van der Waals surface area (Å²) in [4.78, 5) is 39.0. The zero-order valence-electron chi connectivity index (χ0n) is 14.6. The van der Waals surface area contributed by atoms with Gasteiger partial charge in [0.1, 0.15) is 5.01 Å². The standard InChI is InChI=1S/C19H13ClN4O3S/c1-10-22-23-19(28-10)21-16(25)11-6-7-13-14(8-11)18(27)24(17(13)26)9-12-4-2-3-5-15(12)20/h2-8H,9H2,1H3,(H,21,23,25). The number of fused-ring (bicyclic) bond motifs is 1. The van der Waals surface area contributed by atoms with E-state index in [4.69, 9.17) is 11.6 Å². The van der Waals surface area contributed by atoms with Crippen LogP contribution in [0.25, 0.3) is 0 Å². The number of aryl methyl sites for hydroxylation is 1. The topological polar surface area (TPSA) is 92.3 Å². The van der Waals surface area contributed by atoms with Gasteiger partial charge in [-0.05, 0) is 36.8 Å². The number of carbonyl (C=O) groups excluding carboxylic acids is 3. The molecule has 2 heterocycles. The fraction of sp³-hybridized carbons (Fsp3) is 0.105. The molecule has 0 bridgehead atoms. The average Bonchev–Trinajstić information content (AvgIpc) is 3.19. The van der Waals surface area contributed by atoms with Crippen molar-refractivity contribution in [3.8, 4) is 0 Å². The van der Waals surface area contributed by atoms with Crippen molar-refractivity contribution in [1.29, 1.82) is 0 Å². The zero-order chi connectivity index (χ0) is 19.8. The smallest absolute Gasteiger partial charge is 0.261 e. The highest BCUT2D eigenvalue weighted by Gasteiger charge is 2.36. The van der Waals surface area contributed by atoms with Crippen LogP contribution >= 0.6 is 22.9 Å². The number of carbonyl (C=O) groups is 3. The van der Waals surface area contributed by atoms with Crippen molar-refractivity contribution in [2.24, 2.45) is 0 Å². The van der Waals surface area contributed by atoms with Gasteiger partial charge in [-0.1, -0.05) is 41.1 Å². The Kier molecular flexibility index (Phi) is 4.66. The largest absolute Gasteiger partial charge is 0.296 e. The first-order valence-electron chi connectivity index (χ1n) is 8.29. The minimum absolute atomic E-state index is 0.0671. The second kappa shape index (κ2) is 7.14. The molecule has 0 saturated carbocycles. The Bertz CT molecular complexity index is 1130. The quantitative estimate of drug-likeness (QED) is 0.661. The highest BCUT2D eigenvalue weighted by molar-refractivity contribution is 7.15. The van der Waals surface area contributed by atoms with Crippen LogP contribution in [0.5, 0.6) is 0 Å². The van der Waals surface area contributed by atoms with Gasteiger partial charge in [0.25, 0.3) is 17.7 Å². The van der Waals surface area contributed by atoms with E-state index in [1.807, 2.05) is 0 Å². The molecule has 0 spiro atoms. The number of nitrogens with zero attached hydrogens (tertiary/aromatic N) is 3. The highest BCUT2D eigenvalue weighted by Crippen LogP contribution is 2.28. The maximum atomic E-state index is 12.8. The lowest BCUT2D eigenvalue weighted by Crippen LogP contribution is -2.29. The van der Waals surface area contributed by atoms with Gasteiger partial charge in [0.2, 0.25) is 5.13 Å². The molecule has 7 nitrogen and oxygen atoms in total. The van der Waals surface area contributed by atoms with Crippen molar-refractivity contribution in [2.75, 3.05) is 5.32 Å². The van der Waals surface area contributed by atoms with Crippen LogP contribution in [0, 0.1) is 6.92 Å². The van der Waals surface area contributed by atoms with E-state index in [1.54, 1.807) is 31.2 Å². The number of rotatable bonds is 4. The Labute approximate surface area is 169 Å². The van der Waals surface area contributed by atoms with Gasteiger partial charge >= 0.3 is 0 Å². The number of benzene rings is 2. The lowest BCUT2D eigenvalue weighted by molar-refractivity contribution is 0.0642. The van der Waals surface area contributed by atoms with Gasteiger partial charge in [0.05, 0.1) is 17.7 Å². The molecule has 0 saturated heterocycles. The number of hydrogen-bond donors (Lipinski definition) is 1. The molecule has 4 rings (SSSR count). The second-order valence-electron chi connectivity index (χ2n) is 6.13. The van der Waals surface area contributed by atoms with E-state index in [0.29, 0.717) is 15.7 Å². The lowest BCUT2D eigenvalue weighted by atomic mass is 10.1. The van der Waals surface area contributed by atoms with Gasteiger partial charge in [-0.3, -0.25) is 24.6 Å². The third-order valence-corrected chi connectivity index (χ3v) is 5.39. The molecule has 1 N–H and O–H groups in total. The number of aromatic nitrogens is 2. The normalized spacial score (nSPS) is 13.0. The van der Waals surface area contributed by atoms with Gasteiger partial charge in [-0.15, -0.1) is 10.2 Å². The van der Waals surface area contributed by atoms with Gasteiger partial charge in [0, 0.05) is 10.6 Å². The predicted molar refractivity (Wildman–Crippen MR) is 105 cm³/mol. The summed E-state index contributed by atoms with van der Waals surface area (Å²) in [7, 11) is 0. The second-order valence-corrected chi connectivity index (χ2v) is 7.72. The molecule has 0 atom stereocenters. The number of anilines is 1. The molecular formula is C19H13ClN4O3S. The van der Waals surface area contributed by atoms with Crippen LogP contribution in [0.4, 0.5) is 5.13 Å². The molecule has 0 unspecified atom stereocenters. The molecule has 140 valence electrons. The fourth-order valence-corrected chi connectivity index (χ4v) is 3.67. The van der Waals surface area contributed by atoms with Crippen molar-refractivity contribution in [3.05, 3.63) is 74.7 Å². The molecule has 3 amide bonds. The van der Waals surface area contributed by atoms with E-state index < -0.39 is 17.7 Å². The van der Waals surface area contributed by atoms with Crippen molar-refractivity contribution in [1.82, 2.24) is 15.1 Å². The van der Waals surface area contributed by atoms with Crippen LogP contribution in [-0.2, 0) is 6.54 Å². The van der Waals surface area contributed by atoms with E-state index in [-0.39, 0.29) is 23.2 Å². The van der Waals surface area contributed by atoms with Gasteiger partial charge in [0.15, 0.2) is 0 Å². The van der Waals surface area contributed by atoms with E-state index in [0.717, 1.165) is 9.91 Å². The molecule has 9 heteroatoms. The number of hydrogen-bond acceptors (Lipinski definition) is 6. The zero-order valence-corrected chi connectivity index (χ0v) is 16.2. The maximum Gasteiger partial charge on any atom is 0.261 e. The van der Waals surface area contributed by atoms with Gasteiger partial charge in [-0.2, -0.15) is 0 Å². The molecule has 1 aliphatic heterocycles. The molecule has 2 aromatic carbocycles. The third-order valence-electron chi connectivity index (χ3n) is 4.27. The third kappa shape index (κ3) is 3.28. The summed E-state index contributed by atoms with van der Waals surface area (Å²) in [5, 5.41) is 11.9. The van der Waals surface area contributed by atoms with Crippen molar-refractivity contribution in [3.63, 3.8) is 0 Å². The summed E-state index contributed by atoms with van der Waals surface area (Å²) in [5.41, 5.74) is 1.38. The molecule has 0 radical (unpaired) electrons. The van der Waals surface area contributed by atoms with Crippen LogP contribution < -0.4 is 5.32 Å². The van der Waals surface area contributed by atoms with Gasteiger partial charge < -0.3 is 0 Å². The lowest BCUT2D eigenvalue weighted by Gasteiger charge is -2.14. The molecule has 1 aromatic heterocycles. The Balaban J connectivity index is 1.58. The SMILES string of the molecule is Cc1nnc(NC(=O)c2ccc3c(c2)C(=O)N(Cc2ccccc2Cl)C3=O)s1. The van der Waals surface area contributed by atoms with Crippen molar-refractivity contribution < 1.29 is 14.4 Å². The predicted octanol–water partition coefficient (Wildman–Crippen LogP) is 3.55. The number of halogens is 1. The first kappa shape index (κ1) is 18.3. The Morgan fingerprint density at radius 2 is 1.86 bits per heavy atom.